The highest BCUT2D eigenvalue weighted by Crippen LogP contribution is 2.22. The third-order valence-electron chi connectivity index (χ3n) is 3.51. The van der Waals surface area contributed by atoms with Gasteiger partial charge in [0.2, 0.25) is 0 Å². The van der Waals surface area contributed by atoms with Crippen LogP contribution in [-0.4, -0.2) is 29.4 Å². The number of thioether (sulfide) groups is 1. The molecule has 1 amide bonds. The number of carbonyl (C=O) groups excluding carboxylic acids is 1. The van der Waals surface area contributed by atoms with Crippen LogP contribution < -0.4 is 10.2 Å². The fraction of sp³-hybridized carbons (Fsp3) is 0.222. The summed E-state index contributed by atoms with van der Waals surface area (Å²) >= 11 is 1.50. The molecule has 0 saturated heterocycles. The fourth-order valence-electron chi connectivity index (χ4n) is 2.06. The molecule has 2 rings (SSSR count). The number of nitro groups is 1. The highest BCUT2D eigenvalue weighted by atomic mass is 32.2. The van der Waals surface area contributed by atoms with Crippen molar-refractivity contribution in [1.82, 2.24) is 5.43 Å². The molecule has 0 spiro atoms. The quantitative estimate of drug-likeness (QED) is 0.435. The first-order valence-corrected chi connectivity index (χ1v) is 8.87. The average molecular weight is 373 g/mol. The van der Waals surface area contributed by atoms with Gasteiger partial charge in [-0.15, -0.1) is 11.8 Å². The van der Waals surface area contributed by atoms with Crippen molar-refractivity contribution in [3.05, 3.63) is 69.8 Å². The molecule has 0 aliphatic heterocycles. The first-order chi connectivity index (χ1) is 12.5. The number of nitrogens with one attached hydrogen (secondary N) is 1. The van der Waals surface area contributed by atoms with E-state index in [4.69, 9.17) is 4.74 Å². The smallest absolute Gasteiger partial charge is 0.270 e. The molecule has 0 aliphatic carbocycles. The number of hydrazone groups is 1. The second-order valence-electron chi connectivity index (χ2n) is 5.36. The van der Waals surface area contributed by atoms with Gasteiger partial charge in [-0.1, -0.05) is 30.3 Å². The van der Waals surface area contributed by atoms with E-state index in [2.05, 4.69) is 10.5 Å². The van der Waals surface area contributed by atoms with Gasteiger partial charge in [-0.3, -0.25) is 14.9 Å². The lowest BCUT2D eigenvalue weighted by molar-refractivity contribution is -0.384. The zero-order valence-corrected chi connectivity index (χ0v) is 15.2. The first-order valence-electron chi connectivity index (χ1n) is 7.82. The zero-order valence-electron chi connectivity index (χ0n) is 14.4. The minimum atomic E-state index is -0.502. The van der Waals surface area contributed by atoms with Gasteiger partial charge < -0.3 is 4.74 Å². The van der Waals surface area contributed by atoms with Gasteiger partial charge in [0.25, 0.3) is 11.6 Å². The fourth-order valence-corrected chi connectivity index (χ4v) is 2.90. The molecule has 2 aromatic carbocycles. The number of hydrogen-bond acceptors (Lipinski definition) is 6. The molecule has 7 nitrogen and oxygen atoms in total. The number of amides is 1. The van der Waals surface area contributed by atoms with E-state index in [1.165, 1.54) is 43.3 Å². The Balaban J connectivity index is 1.93. The van der Waals surface area contributed by atoms with Crippen LogP contribution in [0.15, 0.2) is 53.6 Å². The van der Waals surface area contributed by atoms with Crippen LogP contribution >= 0.6 is 11.8 Å². The van der Waals surface area contributed by atoms with E-state index in [0.717, 1.165) is 11.3 Å². The first kappa shape index (κ1) is 19.5. The van der Waals surface area contributed by atoms with Crippen molar-refractivity contribution in [2.45, 2.75) is 17.9 Å². The lowest BCUT2D eigenvalue weighted by Gasteiger charge is -2.09. The van der Waals surface area contributed by atoms with Crippen molar-refractivity contribution in [2.24, 2.45) is 5.10 Å². The average Bonchev–Trinajstić information content (AvgIpc) is 2.66. The van der Waals surface area contributed by atoms with Crippen LogP contribution in [0.3, 0.4) is 0 Å². The number of methoxy groups -OCH3 is 1. The maximum absolute atomic E-state index is 12.1. The lowest BCUT2D eigenvalue weighted by atomic mass is 10.2. The van der Waals surface area contributed by atoms with Crippen LogP contribution in [0.4, 0.5) is 5.69 Å². The maximum Gasteiger partial charge on any atom is 0.270 e. The molecule has 2 aromatic rings. The van der Waals surface area contributed by atoms with Crippen LogP contribution in [0.5, 0.6) is 5.75 Å². The molecule has 0 aliphatic rings. The van der Waals surface area contributed by atoms with Crippen LogP contribution in [0.2, 0.25) is 0 Å². The Morgan fingerprint density at radius 1 is 1.35 bits per heavy atom. The van der Waals surface area contributed by atoms with Crippen molar-refractivity contribution in [3.8, 4) is 5.75 Å². The molecule has 0 saturated carbocycles. The Bertz CT molecular complexity index is 796. The van der Waals surface area contributed by atoms with Crippen molar-refractivity contribution >= 4 is 29.6 Å². The molecule has 0 unspecified atom stereocenters. The Morgan fingerprint density at radius 3 is 2.73 bits per heavy atom. The predicted molar refractivity (Wildman–Crippen MR) is 103 cm³/mol. The van der Waals surface area contributed by atoms with E-state index in [1.54, 1.807) is 6.92 Å². The summed E-state index contributed by atoms with van der Waals surface area (Å²) in [6.45, 7) is 1.80. The van der Waals surface area contributed by atoms with Crippen molar-refractivity contribution in [3.63, 3.8) is 0 Å². The van der Waals surface area contributed by atoms with Crippen LogP contribution in [0.25, 0.3) is 0 Å². The normalized spacial score (nSPS) is 11.9. The van der Waals surface area contributed by atoms with Gasteiger partial charge in [-0.25, -0.2) is 5.43 Å². The SMILES string of the molecule is COc1ccc([N+](=O)[O-])cc1/C=N\NC(=O)[C@H](C)SCc1ccccc1. The molecule has 26 heavy (non-hydrogen) atoms. The summed E-state index contributed by atoms with van der Waals surface area (Å²) < 4.78 is 5.14. The van der Waals surface area contributed by atoms with Crippen molar-refractivity contribution in [1.29, 1.82) is 0 Å². The maximum atomic E-state index is 12.1. The van der Waals surface area contributed by atoms with Gasteiger partial charge in [-0.05, 0) is 18.6 Å². The highest BCUT2D eigenvalue weighted by Gasteiger charge is 2.13. The largest absolute Gasteiger partial charge is 0.496 e. The number of non-ortho nitro benzene ring substituents is 1. The number of nitrogens with zero attached hydrogens (tertiary/aromatic N) is 2. The number of benzene rings is 2. The van der Waals surface area contributed by atoms with Crippen LogP contribution in [-0.2, 0) is 10.5 Å². The minimum absolute atomic E-state index is 0.0784. The van der Waals surface area contributed by atoms with E-state index in [9.17, 15) is 14.9 Å². The molecule has 0 radical (unpaired) electrons. The Hall–Kier alpha value is -2.87. The number of rotatable bonds is 8. The van der Waals surface area contributed by atoms with E-state index in [-0.39, 0.29) is 16.8 Å². The van der Waals surface area contributed by atoms with Crippen molar-refractivity contribution in [2.75, 3.05) is 7.11 Å². The molecule has 0 heterocycles. The summed E-state index contributed by atoms with van der Waals surface area (Å²) in [5.74, 6) is 0.907. The Kier molecular flexibility index (Phi) is 7.16. The lowest BCUT2D eigenvalue weighted by Crippen LogP contribution is -2.27. The van der Waals surface area contributed by atoms with E-state index >= 15 is 0 Å². The van der Waals surface area contributed by atoms with Gasteiger partial charge in [0.05, 0.1) is 23.5 Å². The molecule has 8 heteroatoms. The summed E-state index contributed by atoms with van der Waals surface area (Å²) in [5.41, 5.74) is 3.92. The molecule has 1 N–H and O–H groups in total. The molecular formula is C18H19N3O4S. The van der Waals surface area contributed by atoms with Gasteiger partial charge >= 0.3 is 0 Å². The highest BCUT2D eigenvalue weighted by molar-refractivity contribution is 7.99. The van der Waals surface area contributed by atoms with E-state index < -0.39 is 4.92 Å². The van der Waals surface area contributed by atoms with Gasteiger partial charge in [0.1, 0.15) is 5.75 Å². The molecule has 1 atom stereocenters. The summed E-state index contributed by atoms with van der Waals surface area (Å²) in [6, 6.07) is 14.0. The number of nitro benzene ring substituents is 1. The predicted octanol–water partition coefficient (Wildman–Crippen LogP) is 3.38. The minimum Gasteiger partial charge on any atom is -0.496 e. The topological polar surface area (TPSA) is 93.8 Å². The van der Waals surface area contributed by atoms with Crippen molar-refractivity contribution < 1.29 is 14.5 Å². The second kappa shape index (κ2) is 9.57. The molecule has 0 bridgehead atoms. The second-order valence-corrected chi connectivity index (χ2v) is 6.69. The Morgan fingerprint density at radius 2 is 2.08 bits per heavy atom. The third kappa shape index (κ3) is 5.59. The van der Waals surface area contributed by atoms with E-state index in [1.807, 2.05) is 30.3 Å². The van der Waals surface area contributed by atoms with E-state index in [0.29, 0.717) is 11.3 Å². The van der Waals surface area contributed by atoms with Gasteiger partial charge in [-0.2, -0.15) is 5.10 Å². The molecule has 0 fully saturated rings. The zero-order chi connectivity index (χ0) is 18.9. The summed E-state index contributed by atoms with van der Waals surface area (Å²) in [4.78, 5) is 22.5. The number of carbonyl (C=O) groups is 1. The standard InChI is InChI=1S/C18H19N3O4S/c1-13(26-12-14-6-4-3-5-7-14)18(22)20-19-11-15-10-16(21(23)24)8-9-17(15)25-2/h3-11,13H,12H2,1-2H3,(H,20,22)/b19-11-/t13-/m0/s1. The van der Waals surface area contributed by atoms with Crippen LogP contribution in [0.1, 0.15) is 18.1 Å². The number of ether oxygens (including phenoxy) is 1. The molecule has 0 aromatic heterocycles. The molecule has 136 valence electrons. The van der Waals surface area contributed by atoms with Gasteiger partial charge in [0.15, 0.2) is 0 Å². The van der Waals surface area contributed by atoms with Gasteiger partial charge in [0, 0.05) is 23.4 Å². The molecular weight excluding hydrogens is 354 g/mol. The Labute approximate surface area is 155 Å². The van der Waals surface area contributed by atoms with Crippen LogP contribution in [0, 0.1) is 10.1 Å². The summed E-state index contributed by atoms with van der Waals surface area (Å²) in [7, 11) is 1.46. The summed E-state index contributed by atoms with van der Waals surface area (Å²) in [5, 5.41) is 14.5. The number of hydrogen-bond donors (Lipinski definition) is 1. The monoisotopic (exact) mass is 373 g/mol. The summed E-state index contributed by atoms with van der Waals surface area (Å²) in [6.07, 6.45) is 1.33. The third-order valence-corrected chi connectivity index (χ3v) is 4.73.